The van der Waals surface area contributed by atoms with E-state index in [1.54, 1.807) is 0 Å². The number of hydrogen-bond donors (Lipinski definition) is 0. The van der Waals surface area contributed by atoms with Crippen LogP contribution in [0.4, 0.5) is 0 Å². The van der Waals surface area contributed by atoms with Crippen LogP contribution in [-0.2, 0) is 0 Å². The Morgan fingerprint density at radius 2 is 1.09 bits per heavy atom. The van der Waals surface area contributed by atoms with Crippen LogP contribution in [0.5, 0.6) is 0 Å². The molecule has 0 spiro atoms. The minimum atomic E-state index is 0.848. The molecule has 10 rings (SSSR count). The fraction of sp³-hybridized carbons (Fsp3) is 0. The monoisotopic (exact) mass is 577 g/mol. The molecule has 9 aromatic rings. The molecule has 0 amide bonds. The Morgan fingerprint density at radius 1 is 0.455 bits per heavy atom. The standard InChI is InChI=1S/C40H23N3S/c1-3-12-24(13-4-1)38-40(42-30-20-10-9-19-29(30)41-38)43-31-21-11-18-27-26-16-7-8-17-28(26)35-37-33(23-22-32(43)36(37)34(27)31)44-39(35)25-14-5-2-6-15-25/h1-23H. The van der Waals surface area contributed by atoms with Crippen LogP contribution in [0.15, 0.2) is 140 Å². The molecule has 0 unspecified atom stereocenters. The fourth-order valence-electron chi connectivity index (χ4n) is 7.11. The predicted octanol–water partition coefficient (Wildman–Crippen LogP) is 10.9. The highest BCUT2D eigenvalue weighted by molar-refractivity contribution is 7.23. The summed E-state index contributed by atoms with van der Waals surface area (Å²) in [5.74, 6) is 0.848. The Bertz CT molecular complexity index is 2590. The quantitative estimate of drug-likeness (QED) is 0.209. The Balaban J connectivity index is 1.42. The number of benzene rings is 6. The van der Waals surface area contributed by atoms with Crippen LogP contribution in [0.25, 0.3) is 92.7 Å². The molecule has 1 aliphatic carbocycles. The van der Waals surface area contributed by atoms with Crippen molar-refractivity contribution >= 4 is 54.3 Å². The molecule has 0 bridgehead atoms. The van der Waals surface area contributed by atoms with Crippen LogP contribution in [-0.4, -0.2) is 14.5 Å². The molecular weight excluding hydrogens is 555 g/mol. The fourth-order valence-corrected chi connectivity index (χ4v) is 8.34. The van der Waals surface area contributed by atoms with Crippen LogP contribution in [0, 0.1) is 0 Å². The number of aromatic nitrogens is 3. The lowest BCUT2D eigenvalue weighted by Gasteiger charge is -2.15. The summed E-state index contributed by atoms with van der Waals surface area (Å²) in [5.41, 5.74) is 12.4. The third-order valence-corrected chi connectivity index (χ3v) is 10.1. The van der Waals surface area contributed by atoms with Crippen molar-refractivity contribution in [2.45, 2.75) is 0 Å². The van der Waals surface area contributed by atoms with Gasteiger partial charge in [-0.25, -0.2) is 9.97 Å². The predicted molar refractivity (Wildman–Crippen MR) is 185 cm³/mol. The van der Waals surface area contributed by atoms with Gasteiger partial charge in [0, 0.05) is 36.9 Å². The molecule has 0 N–H and O–H groups in total. The number of fused-ring (bicyclic) bond motifs is 4. The van der Waals surface area contributed by atoms with Gasteiger partial charge in [0.15, 0.2) is 5.82 Å². The Labute approximate surface area is 257 Å². The van der Waals surface area contributed by atoms with E-state index in [-0.39, 0.29) is 0 Å². The molecule has 3 aromatic heterocycles. The average molecular weight is 578 g/mol. The van der Waals surface area contributed by atoms with Crippen molar-refractivity contribution in [3.05, 3.63) is 140 Å². The van der Waals surface area contributed by atoms with Crippen molar-refractivity contribution in [1.82, 2.24) is 14.5 Å². The summed E-state index contributed by atoms with van der Waals surface area (Å²) in [6, 6.07) is 49.7. The molecule has 0 fully saturated rings. The minimum absolute atomic E-state index is 0.848. The van der Waals surface area contributed by atoms with Crippen LogP contribution in [0.2, 0.25) is 0 Å². The Morgan fingerprint density at radius 3 is 1.89 bits per heavy atom. The first-order chi connectivity index (χ1) is 21.8. The minimum Gasteiger partial charge on any atom is -0.292 e. The smallest absolute Gasteiger partial charge is 0.165 e. The van der Waals surface area contributed by atoms with Crippen molar-refractivity contribution in [1.29, 1.82) is 0 Å². The van der Waals surface area contributed by atoms with Crippen LogP contribution in [0.3, 0.4) is 0 Å². The van der Waals surface area contributed by atoms with Gasteiger partial charge in [0.25, 0.3) is 0 Å². The van der Waals surface area contributed by atoms with E-state index in [2.05, 4.69) is 120 Å². The largest absolute Gasteiger partial charge is 0.292 e. The summed E-state index contributed by atoms with van der Waals surface area (Å²) in [5, 5.41) is 3.87. The van der Waals surface area contributed by atoms with E-state index in [9.17, 15) is 0 Å². The number of thiophene rings is 1. The van der Waals surface area contributed by atoms with Gasteiger partial charge in [-0.1, -0.05) is 109 Å². The zero-order chi connectivity index (χ0) is 28.8. The highest BCUT2D eigenvalue weighted by Gasteiger charge is 2.29. The molecule has 3 nitrogen and oxygen atoms in total. The van der Waals surface area contributed by atoms with Gasteiger partial charge >= 0.3 is 0 Å². The second-order valence-electron chi connectivity index (χ2n) is 11.3. The third-order valence-electron chi connectivity index (χ3n) is 8.94. The Hall–Kier alpha value is -5.58. The highest BCUT2D eigenvalue weighted by atomic mass is 32.1. The van der Waals surface area contributed by atoms with E-state index < -0.39 is 0 Å². The van der Waals surface area contributed by atoms with E-state index in [1.165, 1.54) is 53.6 Å². The summed E-state index contributed by atoms with van der Waals surface area (Å²) in [7, 11) is 0. The third kappa shape index (κ3) is 3.20. The van der Waals surface area contributed by atoms with Gasteiger partial charge in [-0.05, 0) is 52.6 Å². The zero-order valence-electron chi connectivity index (χ0n) is 23.5. The van der Waals surface area contributed by atoms with Gasteiger partial charge in [0.2, 0.25) is 0 Å². The van der Waals surface area contributed by atoms with Gasteiger partial charge in [-0.3, -0.25) is 4.57 Å². The molecule has 0 saturated heterocycles. The lowest BCUT2D eigenvalue weighted by molar-refractivity contribution is 1.08. The molecule has 0 saturated carbocycles. The summed E-state index contributed by atoms with van der Waals surface area (Å²) in [6.45, 7) is 0. The topological polar surface area (TPSA) is 30.7 Å². The number of rotatable bonds is 3. The molecule has 1 aliphatic rings. The van der Waals surface area contributed by atoms with E-state index in [0.29, 0.717) is 0 Å². The van der Waals surface area contributed by atoms with Crippen LogP contribution in [0.1, 0.15) is 0 Å². The second-order valence-corrected chi connectivity index (χ2v) is 12.4. The number of hydrogen-bond acceptors (Lipinski definition) is 3. The summed E-state index contributed by atoms with van der Waals surface area (Å²) in [6.07, 6.45) is 0. The van der Waals surface area contributed by atoms with Crippen LogP contribution >= 0.6 is 11.3 Å². The normalized spacial score (nSPS) is 12.1. The Kier molecular flexibility index (Phi) is 4.87. The molecule has 204 valence electrons. The number of para-hydroxylation sites is 2. The molecule has 4 heteroatoms. The maximum atomic E-state index is 5.34. The average Bonchev–Trinajstić information content (AvgIpc) is 3.60. The van der Waals surface area contributed by atoms with Crippen LogP contribution < -0.4 is 0 Å². The lowest BCUT2D eigenvalue weighted by atomic mass is 9.93. The van der Waals surface area contributed by atoms with E-state index in [4.69, 9.17) is 9.97 Å². The molecular formula is C40H23N3S. The molecule has 44 heavy (non-hydrogen) atoms. The first-order valence-corrected chi connectivity index (χ1v) is 15.7. The maximum Gasteiger partial charge on any atom is 0.165 e. The van der Waals surface area contributed by atoms with Crippen molar-refractivity contribution in [2.24, 2.45) is 0 Å². The molecule has 3 heterocycles. The summed E-state index contributed by atoms with van der Waals surface area (Å²) >= 11 is 1.89. The zero-order valence-corrected chi connectivity index (χ0v) is 24.3. The van der Waals surface area contributed by atoms with Crippen molar-refractivity contribution < 1.29 is 0 Å². The van der Waals surface area contributed by atoms with Gasteiger partial charge in [-0.2, -0.15) is 0 Å². The summed E-state index contributed by atoms with van der Waals surface area (Å²) in [4.78, 5) is 11.9. The molecule has 0 radical (unpaired) electrons. The van der Waals surface area contributed by atoms with Crippen molar-refractivity contribution in [3.8, 4) is 49.8 Å². The van der Waals surface area contributed by atoms with Crippen molar-refractivity contribution in [2.75, 3.05) is 0 Å². The lowest BCUT2D eigenvalue weighted by Crippen LogP contribution is -2.03. The van der Waals surface area contributed by atoms with E-state index >= 15 is 0 Å². The number of nitrogens with zero attached hydrogens (tertiary/aromatic N) is 3. The molecule has 0 aliphatic heterocycles. The van der Waals surface area contributed by atoms with Gasteiger partial charge < -0.3 is 0 Å². The van der Waals surface area contributed by atoms with Gasteiger partial charge in [0.05, 0.1) is 22.1 Å². The maximum absolute atomic E-state index is 5.34. The first kappa shape index (κ1) is 23.9. The SMILES string of the molecule is c1ccc(-c2nc3ccccc3nc2-n2c3cccc4c3c3c5c(c(-c6ccccc6)sc5ccc32)-c2ccccc2-4)cc1. The van der Waals surface area contributed by atoms with Gasteiger partial charge in [0.1, 0.15) is 5.69 Å². The van der Waals surface area contributed by atoms with E-state index in [1.807, 2.05) is 35.6 Å². The highest BCUT2D eigenvalue weighted by Crippen LogP contribution is 2.55. The molecule has 0 atom stereocenters. The summed E-state index contributed by atoms with van der Waals surface area (Å²) < 4.78 is 3.65. The van der Waals surface area contributed by atoms with Gasteiger partial charge in [-0.15, -0.1) is 11.3 Å². The van der Waals surface area contributed by atoms with Crippen molar-refractivity contribution in [3.63, 3.8) is 0 Å². The molecule has 6 aromatic carbocycles. The van der Waals surface area contributed by atoms with E-state index in [0.717, 1.165) is 39.1 Å². The first-order valence-electron chi connectivity index (χ1n) is 14.9. The second kappa shape index (κ2) is 8.96.